The van der Waals surface area contributed by atoms with Crippen molar-refractivity contribution in [3.63, 3.8) is 0 Å². The molecule has 14 heavy (non-hydrogen) atoms. The summed E-state index contributed by atoms with van der Waals surface area (Å²) in [5.74, 6) is 0.433. The van der Waals surface area contributed by atoms with Crippen LogP contribution in [0.5, 0.6) is 0 Å². The van der Waals surface area contributed by atoms with Crippen LogP contribution in [0.15, 0.2) is 0 Å². The Morgan fingerprint density at radius 2 is 1.50 bits per heavy atom. The summed E-state index contributed by atoms with van der Waals surface area (Å²) in [5.41, 5.74) is -0.299. The van der Waals surface area contributed by atoms with Gasteiger partial charge in [-0.3, -0.25) is 0 Å². The molecule has 1 saturated heterocycles. The molecule has 0 aromatic heterocycles. The Morgan fingerprint density at radius 3 is 1.57 bits per heavy atom. The summed E-state index contributed by atoms with van der Waals surface area (Å²) in [6, 6.07) is 0. The summed E-state index contributed by atoms with van der Waals surface area (Å²) in [6.07, 6.45) is 2.19. The molecule has 1 heterocycles. The van der Waals surface area contributed by atoms with Gasteiger partial charge in [0.15, 0.2) is 0 Å². The van der Waals surface area contributed by atoms with Crippen molar-refractivity contribution in [1.82, 2.24) is 5.06 Å². The first-order valence-electron chi connectivity index (χ1n) is 5.14. The quantitative estimate of drug-likeness (QED) is 0.570. The van der Waals surface area contributed by atoms with E-state index in [2.05, 4.69) is 27.2 Å². The first-order chi connectivity index (χ1) is 5.78. The van der Waals surface area contributed by atoms with Gasteiger partial charge in [0.25, 0.3) is 0 Å². The number of hydroxylamine groups is 2. The van der Waals surface area contributed by atoms with E-state index in [0.29, 0.717) is 5.92 Å². The molecule has 1 aliphatic rings. The summed E-state index contributed by atoms with van der Waals surface area (Å²) in [7, 11) is 0. The van der Waals surface area contributed by atoms with Crippen LogP contribution in [0.4, 0.5) is 0 Å². The topological polar surface area (TPSA) is 23.5 Å². The average molecular weight is 453 g/mol. The molecule has 0 bridgehead atoms. The fourth-order valence-corrected chi connectivity index (χ4v) is 1.82. The van der Waals surface area contributed by atoms with Gasteiger partial charge in [0.1, 0.15) is 0 Å². The number of nitrogens with zero attached hydrogens (tertiary/aromatic N) is 1. The van der Waals surface area contributed by atoms with E-state index < -0.39 is 0 Å². The molecule has 0 aromatic rings. The Kier molecular flexibility index (Phi) is 4.87. The zero-order valence-corrected chi connectivity index (χ0v) is 17.2. The van der Waals surface area contributed by atoms with E-state index in [1.54, 1.807) is 0 Å². The minimum absolute atomic E-state index is 0. The third-order valence-electron chi connectivity index (χ3n) is 2.86. The van der Waals surface area contributed by atoms with E-state index in [0.717, 1.165) is 0 Å². The van der Waals surface area contributed by atoms with Crippen molar-refractivity contribution in [2.75, 3.05) is 0 Å². The zero-order valence-electron chi connectivity index (χ0n) is 10.8. The van der Waals surface area contributed by atoms with Gasteiger partial charge in [-0.25, -0.2) is 5.06 Å². The van der Waals surface area contributed by atoms with Gasteiger partial charge in [-0.1, -0.05) is 40.2 Å². The summed E-state index contributed by atoms with van der Waals surface area (Å²) in [4.78, 5) is 0. The first-order valence-corrected chi connectivity index (χ1v) is 5.14. The molecular formula is C11H24NORf-. The van der Waals surface area contributed by atoms with Gasteiger partial charge in [-0.2, -0.15) is 0 Å². The molecule has 1 atom stereocenters. The van der Waals surface area contributed by atoms with Crippen molar-refractivity contribution in [3.05, 3.63) is 6.42 Å². The maximum Gasteiger partial charge on any atom is 0.0137 e. The second-order valence-corrected chi connectivity index (χ2v) is 4.57. The van der Waals surface area contributed by atoms with E-state index >= 15 is 0 Å². The van der Waals surface area contributed by atoms with Gasteiger partial charge < -0.3 is 11.6 Å². The van der Waals surface area contributed by atoms with E-state index in [-0.39, 0.29) is 11.1 Å². The molecule has 3 heteroatoms. The molecule has 0 aromatic carbocycles. The van der Waals surface area contributed by atoms with Crippen molar-refractivity contribution in [2.24, 2.45) is 5.92 Å². The maximum atomic E-state index is 9.76. The summed E-state index contributed by atoms with van der Waals surface area (Å²) >= 11 is 0. The molecule has 82 valence electrons. The molecule has 1 N–H and O–H groups in total. The normalized spacial score (nSPS) is 28.7. The van der Waals surface area contributed by atoms with Crippen molar-refractivity contribution in [1.29, 1.82) is 0 Å². The van der Waals surface area contributed by atoms with E-state index in [4.69, 9.17) is 0 Å². The van der Waals surface area contributed by atoms with Crippen LogP contribution < -0.4 is 0 Å². The predicted octanol–water partition coefficient (Wildman–Crippen LogP) is 3.11. The fraction of sp³-hybridized carbons (Fsp3) is 0.909. The standard InChI is InChI=1S/C9H18NO.C2H6.Rf/c1-7-6-8(2,3)10(11)9(7,4)5;1-2;/h6-7,11H,1-5H3;1-2H3;/q-1;;. The molecule has 0 amide bonds. The Bertz CT molecular complexity index is 169. The van der Waals surface area contributed by atoms with Crippen molar-refractivity contribution < 1.29 is 5.21 Å². The smallest absolute Gasteiger partial charge is 0.0137 e. The number of hydrogen-bond acceptors (Lipinski definition) is 2. The van der Waals surface area contributed by atoms with Crippen LogP contribution in [0, 0.1) is 12.3 Å². The van der Waals surface area contributed by atoms with Gasteiger partial charge in [0.2, 0.25) is 0 Å². The van der Waals surface area contributed by atoms with Crippen LogP contribution in [-0.4, -0.2) is 21.3 Å². The summed E-state index contributed by atoms with van der Waals surface area (Å²) in [6.45, 7) is 14.3. The molecule has 1 unspecified atom stereocenters. The molecule has 0 spiro atoms. The summed E-state index contributed by atoms with van der Waals surface area (Å²) < 4.78 is 0. The second kappa shape index (κ2) is 4.43. The average Bonchev–Trinajstić information content (AvgIpc) is 2.17. The van der Waals surface area contributed by atoms with E-state index in [9.17, 15) is 5.21 Å². The van der Waals surface area contributed by atoms with Crippen molar-refractivity contribution in [2.45, 2.75) is 59.5 Å². The number of rotatable bonds is 0. The maximum absolute atomic E-state index is 9.76. The van der Waals surface area contributed by atoms with Crippen LogP contribution in [0.2, 0.25) is 0 Å². The SMILES string of the molecule is CC.CC1[CH-]C(C)(C)N(O)C1(C)C.[Rf]. The second-order valence-electron chi connectivity index (χ2n) is 4.57. The minimum atomic E-state index is -0.178. The van der Waals surface area contributed by atoms with Crippen LogP contribution in [0.1, 0.15) is 48.5 Å². The van der Waals surface area contributed by atoms with Gasteiger partial charge in [-0.05, 0) is 13.8 Å². The zero-order chi connectivity index (χ0) is 10.9. The van der Waals surface area contributed by atoms with Crippen LogP contribution in [0.3, 0.4) is 0 Å². The van der Waals surface area contributed by atoms with Crippen LogP contribution in [0.25, 0.3) is 0 Å². The van der Waals surface area contributed by atoms with Crippen LogP contribution in [-0.2, 0) is 0 Å². The third-order valence-corrected chi connectivity index (χ3v) is 2.86. The molecule has 2 nitrogen and oxygen atoms in total. The molecule has 1 aliphatic heterocycles. The molecule has 0 radical (unpaired) electrons. The monoisotopic (exact) mass is 453 g/mol. The van der Waals surface area contributed by atoms with Crippen molar-refractivity contribution in [3.8, 4) is 0 Å². The van der Waals surface area contributed by atoms with Gasteiger partial charge >= 0.3 is 0 Å². The Labute approximate surface area is 82.9 Å². The van der Waals surface area contributed by atoms with Gasteiger partial charge in [0.05, 0.1) is 0 Å². The van der Waals surface area contributed by atoms with Gasteiger partial charge in [0, 0.05) is 5.54 Å². The Morgan fingerprint density at radius 1 is 1.14 bits per heavy atom. The summed E-state index contributed by atoms with van der Waals surface area (Å²) in [5, 5.41) is 11.2. The largest absolute Gasteiger partial charge is 0.316 e. The Hall–Kier alpha value is -1.08. The Balaban J connectivity index is 0. The minimum Gasteiger partial charge on any atom is -0.316 e. The molecule has 0 saturated carbocycles. The third kappa shape index (κ3) is 2.24. The predicted molar refractivity (Wildman–Crippen MR) is 56.6 cm³/mol. The first kappa shape index (κ1) is 15.4. The molecule has 0 aliphatic carbocycles. The fourth-order valence-electron chi connectivity index (χ4n) is 1.82. The van der Waals surface area contributed by atoms with Crippen LogP contribution >= 0.6 is 0 Å². The molecular weight excluding hydrogens is 429 g/mol. The van der Waals surface area contributed by atoms with E-state index in [1.807, 2.05) is 27.7 Å². The number of hydrogen-bond donors (Lipinski definition) is 1. The van der Waals surface area contributed by atoms with Gasteiger partial charge in [-0.15, -0.1) is 5.92 Å². The van der Waals surface area contributed by atoms with E-state index in [1.165, 1.54) is 5.06 Å². The van der Waals surface area contributed by atoms with Crippen molar-refractivity contribution >= 4 is 0 Å². The molecule has 1 fully saturated rings. The molecule has 1 rings (SSSR count).